The minimum atomic E-state index is -0.00635. The van der Waals surface area contributed by atoms with E-state index in [4.69, 9.17) is 4.74 Å². The predicted octanol–water partition coefficient (Wildman–Crippen LogP) is 6.28. The molecular weight excluding hydrogens is 396 g/mol. The molecular formula is C28H34N2O2. The summed E-state index contributed by atoms with van der Waals surface area (Å²) in [6.07, 6.45) is 9.73. The first-order valence-corrected chi connectivity index (χ1v) is 12.0. The molecule has 32 heavy (non-hydrogen) atoms. The van der Waals surface area contributed by atoms with Gasteiger partial charge in [-0.1, -0.05) is 42.0 Å². The Morgan fingerprint density at radius 1 is 1.00 bits per heavy atom. The van der Waals surface area contributed by atoms with Gasteiger partial charge < -0.3 is 10.1 Å². The normalized spacial score (nSPS) is 28.4. The number of methoxy groups -OCH3 is 1. The molecule has 0 aliphatic heterocycles. The van der Waals surface area contributed by atoms with Crippen molar-refractivity contribution in [3.05, 3.63) is 65.7 Å². The Hall–Kier alpha value is -2.75. The van der Waals surface area contributed by atoms with Crippen molar-refractivity contribution in [2.75, 3.05) is 18.6 Å². The van der Waals surface area contributed by atoms with Gasteiger partial charge in [0.2, 0.25) is 0 Å². The molecule has 0 spiro atoms. The molecule has 4 bridgehead atoms. The molecule has 4 heteroatoms. The van der Waals surface area contributed by atoms with Crippen molar-refractivity contribution in [3.63, 3.8) is 0 Å². The van der Waals surface area contributed by atoms with Crippen LogP contribution in [0.3, 0.4) is 0 Å². The second-order valence-corrected chi connectivity index (χ2v) is 10.3. The first-order chi connectivity index (χ1) is 15.5. The number of urea groups is 1. The zero-order valence-electron chi connectivity index (χ0n) is 19.2. The smallest absolute Gasteiger partial charge is 0.322 e. The van der Waals surface area contributed by atoms with Crippen LogP contribution >= 0.6 is 0 Å². The topological polar surface area (TPSA) is 41.6 Å². The fourth-order valence-electron chi connectivity index (χ4n) is 6.73. The van der Waals surface area contributed by atoms with Crippen molar-refractivity contribution < 1.29 is 9.53 Å². The summed E-state index contributed by atoms with van der Waals surface area (Å²) in [5, 5.41) is 3.55. The summed E-state index contributed by atoms with van der Waals surface area (Å²) in [7, 11) is 1.67. The van der Waals surface area contributed by atoms with Gasteiger partial charge in [-0.05, 0) is 93.0 Å². The first-order valence-electron chi connectivity index (χ1n) is 12.0. The van der Waals surface area contributed by atoms with Crippen LogP contribution in [0.15, 0.2) is 60.2 Å². The summed E-state index contributed by atoms with van der Waals surface area (Å²) < 4.78 is 5.33. The van der Waals surface area contributed by atoms with E-state index in [1.807, 2.05) is 47.4 Å². The van der Waals surface area contributed by atoms with Crippen LogP contribution in [0.25, 0.3) is 6.08 Å². The van der Waals surface area contributed by atoms with Gasteiger partial charge in [-0.2, -0.15) is 0 Å². The standard InChI is InChI=1S/C28H34N2O2/c1-20(12-21-6-4-3-5-7-21)19-30(25-8-10-26(32-2)11-9-25)27(31)29-28-16-22-13-23(17-28)15-24(14-22)18-28/h3-12,22-24H,13-19H2,1-2H3,(H,29,31)/b20-12+. The van der Waals surface area contributed by atoms with Crippen LogP contribution < -0.4 is 15.0 Å². The summed E-state index contributed by atoms with van der Waals surface area (Å²) >= 11 is 0. The van der Waals surface area contributed by atoms with E-state index >= 15 is 0 Å². The molecule has 2 amide bonds. The van der Waals surface area contributed by atoms with Crippen molar-refractivity contribution in [1.82, 2.24) is 5.32 Å². The second-order valence-electron chi connectivity index (χ2n) is 10.3. The fourth-order valence-corrected chi connectivity index (χ4v) is 6.73. The maximum absolute atomic E-state index is 13.7. The van der Waals surface area contributed by atoms with Crippen LogP contribution in [0, 0.1) is 17.8 Å². The number of anilines is 1. The number of nitrogens with zero attached hydrogens (tertiary/aromatic N) is 1. The Kier molecular flexibility index (Phi) is 5.71. The van der Waals surface area contributed by atoms with Crippen LogP contribution in [0.4, 0.5) is 10.5 Å². The lowest BCUT2D eigenvalue weighted by Gasteiger charge is -2.57. The Bertz CT molecular complexity index is 945. The number of hydrogen-bond acceptors (Lipinski definition) is 2. The number of rotatable bonds is 6. The lowest BCUT2D eigenvalue weighted by molar-refractivity contribution is -0.0131. The summed E-state index contributed by atoms with van der Waals surface area (Å²) in [5.74, 6) is 3.20. The monoisotopic (exact) mass is 430 g/mol. The Morgan fingerprint density at radius 2 is 1.59 bits per heavy atom. The van der Waals surface area contributed by atoms with Crippen molar-refractivity contribution in [2.24, 2.45) is 17.8 Å². The summed E-state index contributed by atoms with van der Waals surface area (Å²) in [6.45, 7) is 2.65. The second kappa shape index (κ2) is 8.65. The highest BCUT2D eigenvalue weighted by Crippen LogP contribution is 2.55. The van der Waals surface area contributed by atoms with Crippen molar-refractivity contribution in [2.45, 2.75) is 51.0 Å². The predicted molar refractivity (Wildman–Crippen MR) is 130 cm³/mol. The molecule has 168 valence electrons. The maximum atomic E-state index is 13.7. The summed E-state index contributed by atoms with van der Waals surface area (Å²) in [4.78, 5) is 15.6. The SMILES string of the molecule is COc1ccc(N(C/C(C)=C/c2ccccc2)C(=O)NC23CC4CC(CC(C4)C2)C3)cc1. The quantitative estimate of drug-likeness (QED) is 0.586. The lowest BCUT2D eigenvalue weighted by atomic mass is 9.53. The number of hydrogen-bond donors (Lipinski definition) is 1. The van der Waals surface area contributed by atoms with Gasteiger partial charge in [0.25, 0.3) is 0 Å². The first kappa shape index (κ1) is 21.1. The molecule has 6 rings (SSSR count). The molecule has 4 aliphatic carbocycles. The molecule has 0 heterocycles. The Labute approximate surface area is 191 Å². The number of nitrogens with one attached hydrogen (secondary N) is 1. The average Bonchev–Trinajstić information content (AvgIpc) is 2.77. The fraction of sp³-hybridized carbons (Fsp3) is 0.464. The average molecular weight is 431 g/mol. The molecule has 2 aromatic rings. The number of ether oxygens (including phenoxy) is 1. The molecule has 0 radical (unpaired) electrons. The molecule has 0 aromatic heterocycles. The largest absolute Gasteiger partial charge is 0.497 e. The van der Waals surface area contributed by atoms with Gasteiger partial charge >= 0.3 is 6.03 Å². The van der Waals surface area contributed by atoms with E-state index in [1.54, 1.807) is 7.11 Å². The molecule has 4 fully saturated rings. The van der Waals surface area contributed by atoms with E-state index < -0.39 is 0 Å². The van der Waals surface area contributed by atoms with E-state index in [0.717, 1.165) is 59.6 Å². The molecule has 2 aromatic carbocycles. The van der Waals surface area contributed by atoms with Gasteiger partial charge in [-0.3, -0.25) is 4.90 Å². The number of carbonyl (C=O) groups is 1. The van der Waals surface area contributed by atoms with Crippen LogP contribution in [0.2, 0.25) is 0 Å². The van der Waals surface area contributed by atoms with Crippen LogP contribution in [-0.2, 0) is 0 Å². The third-order valence-corrected chi connectivity index (χ3v) is 7.66. The number of benzene rings is 2. The minimum Gasteiger partial charge on any atom is -0.497 e. The minimum absolute atomic E-state index is 0.00635. The van der Waals surface area contributed by atoms with Gasteiger partial charge in [0, 0.05) is 17.8 Å². The van der Waals surface area contributed by atoms with Crippen molar-refractivity contribution in [1.29, 1.82) is 0 Å². The van der Waals surface area contributed by atoms with Gasteiger partial charge in [-0.25, -0.2) is 4.79 Å². The molecule has 0 unspecified atom stereocenters. The zero-order chi connectivity index (χ0) is 22.1. The molecule has 0 saturated heterocycles. The van der Waals surface area contributed by atoms with Gasteiger partial charge in [0.1, 0.15) is 5.75 Å². The third kappa shape index (κ3) is 4.41. The highest BCUT2D eigenvalue weighted by atomic mass is 16.5. The molecule has 4 saturated carbocycles. The highest BCUT2D eigenvalue weighted by Gasteiger charge is 2.51. The molecule has 0 atom stereocenters. The van der Waals surface area contributed by atoms with E-state index in [1.165, 1.54) is 19.3 Å². The van der Waals surface area contributed by atoms with E-state index in [0.29, 0.717) is 6.54 Å². The molecule has 4 nitrogen and oxygen atoms in total. The highest BCUT2D eigenvalue weighted by molar-refractivity contribution is 5.93. The van der Waals surface area contributed by atoms with Gasteiger partial charge in [-0.15, -0.1) is 0 Å². The van der Waals surface area contributed by atoms with Crippen molar-refractivity contribution >= 4 is 17.8 Å². The maximum Gasteiger partial charge on any atom is 0.322 e. The summed E-state index contributed by atoms with van der Waals surface area (Å²) in [6, 6.07) is 18.1. The van der Waals surface area contributed by atoms with Crippen LogP contribution in [0.5, 0.6) is 5.75 Å². The lowest BCUT2D eigenvalue weighted by Crippen LogP contribution is -2.62. The third-order valence-electron chi connectivity index (χ3n) is 7.66. The van der Waals surface area contributed by atoms with Crippen LogP contribution in [0.1, 0.15) is 51.0 Å². The van der Waals surface area contributed by atoms with E-state index in [9.17, 15) is 4.79 Å². The van der Waals surface area contributed by atoms with Gasteiger partial charge in [0.05, 0.1) is 7.11 Å². The summed E-state index contributed by atoms with van der Waals surface area (Å²) in [5.41, 5.74) is 3.19. The van der Waals surface area contributed by atoms with Gasteiger partial charge in [0.15, 0.2) is 0 Å². The van der Waals surface area contributed by atoms with E-state index in [2.05, 4.69) is 30.4 Å². The Balaban J connectivity index is 1.38. The number of carbonyl (C=O) groups excluding carboxylic acids is 1. The molecule has 4 aliphatic rings. The Morgan fingerprint density at radius 3 is 2.16 bits per heavy atom. The molecule has 1 N–H and O–H groups in total. The number of amides is 2. The van der Waals surface area contributed by atoms with E-state index in [-0.39, 0.29) is 11.6 Å². The van der Waals surface area contributed by atoms with Crippen LogP contribution in [-0.4, -0.2) is 25.2 Å². The van der Waals surface area contributed by atoms with Crippen molar-refractivity contribution in [3.8, 4) is 5.75 Å². The zero-order valence-corrected chi connectivity index (χ0v) is 19.2.